The number of piperazine rings is 1. The summed E-state index contributed by atoms with van der Waals surface area (Å²) < 4.78 is 9.90. The molecular formula is C17H17ClN2O4. The van der Waals surface area contributed by atoms with Gasteiger partial charge in [0.05, 0.1) is 6.26 Å². The Morgan fingerprint density at radius 3 is 2.58 bits per heavy atom. The summed E-state index contributed by atoms with van der Waals surface area (Å²) in [5.74, 6) is -0.750. The highest BCUT2D eigenvalue weighted by Gasteiger charge is 2.23. The smallest absolute Gasteiger partial charge is 0.374 e. The Hall–Kier alpha value is -2.47. The molecular weight excluding hydrogens is 332 g/mol. The minimum atomic E-state index is -0.633. The number of carbonyl (C=O) groups is 2. The van der Waals surface area contributed by atoms with Gasteiger partial charge in [0.15, 0.2) is 6.61 Å². The van der Waals surface area contributed by atoms with Crippen molar-refractivity contribution in [1.29, 1.82) is 0 Å². The van der Waals surface area contributed by atoms with Crippen LogP contribution in [0, 0.1) is 0 Å². The molecule has 0 bridgehead atoms. The fourth-order valence-corrected chi connectivity index (χ4v) is 2.76. The SMILES string of the molecule is O=C(OCC(=O)N1CCN(c2cccc(Cl)c2)CC1)c1ccco1. The lowest BCUT2D eigenvalue weighted by molar-refractivity contribution is -0.134. The van der Waals surface area contributed by atoms with Crippen molar-refractivity contribution in [1.82, 2.24) is 4.90 Å². The van der Waals surface area contributed by atoms with Gasteiger partial charge >= 0.3 is 5.97 Å². The van der Waals surface area contributed by atoms with Crippen molar-refractivity contribution >= 4 is 29.2 Å². The molecule has 0 unspecified atom stereocenters. The van der Waals surface area contributed by atoms with Crippen LogP contribution in [0.5, 0.6) is 0 Å². The highest BCUT2D eigenvalue weighted by Crippen LogP contribution is 2.20. The number of rotatable bonds is 4. The first kappa shape index (κ1) is 16.4. The average Bonchev–Trinajstić information content (AvgIpc) is 3.14. The molecule has 7 heteroatoms. The third kappa shape index (κ3) is 3.89. The fraction of sp³-hybridized carbons (Fsp3) is 0.294. The van der Waals surface area contributed by atoms with E-state index >= 15 is 0 Å². The van der Waals surface area contributed by atoms with E-state index in [1.165, 1.54) is 12.3 Å². The Bertz CT molecular complexity index is 709. The maximum atomic E-state index is 12.1. The highest BCUT2D eigenvalue weighted by molar-refractivity contribution is 6.30. The molecule has 6 nitrogen and oxygen atoms in total. The van der Waals surface area contributed by atoms with Gasteiger partial charge in [-0.15, -0.1) is 0 Å². The van der Waals surface area contributed by atoms with Gasteiger partial charge in [0, 0.05) is 36.9 Å². The predicted octanol–water partition coefficient (Wildman–Crippen LogP) is 2.44. The number of esters is 1. The van der Waals surface area contributed by atoms with Gasteiger partial charge in [-0.1, -0.05) is 17.7 Å². The second kappa shape index (κ2) is 7.40. The van der Waals surface area contributed by atoms with Crippen molar-refractivity contribution in [2.45, 2.75) is 0 Å². The lowest BCUT2D eigenvalue weighted by Gasteiger charge is -2.36. The van der Waals surface area contributed by atoms with Crippen LogP contribution in [0.25, 0.3) is 0 Å². The lowest BCUT2D eigenvalue weighted by Crippen LogP contribution is -2.49. The Morgan fingerprint density at radius 1 is 1.12 bits per heavy atom. The van der Waals surface area contributed by atoms with Crippen LogP contribution in [0.2, 0.25) is 5.02 Å². The van der Waals surface area contributed by atoms with E-state index in [9.17, 15) is 9.59 Å². The zero-order valence-corrected chi connectivity index (χ0v) is 13.7. The van der Waals surface area contributed by atoms with Crippen molar-refractivity contribution in [3.63, 3.8) is 0 Å². The molecule has 0 aliphatic carbocycles. The first-order valence-electron chi connectivity index (χ1n) is 7.62. The number of benzene rings is 1. The van der Waals surface area contributed by atoms with Gasteiger partial charge in [-0.3, -0.25) is 4.79 Å². The maximum Gasteiger partial charge on any atom is 0.374 e. The molecule has 2 heterocycles. The minimum absolute atomic E-state index is 0.0913. The molecule has 1 aliphatic heterocycles. The summed E-state index contributed by atoms with van der Waals surface area (Å²) in [6.07, 6.45) is 1.38. The molecule has 3 rings (SSSR count). The number of furan rings is 1. The Balaban J connectivity index is 1.47. The Labute approximate surface area is 144 Å². The monoisotopic (exact) mass is 348 g/mol. The molecule has 0 spiro atoms. The maximum absolute atomic E-state index is 12.1. The summed E-state index contributed by atoms with van der Waals surface area (Å²) in [5.41, 5.74) is 1.04. The summed E-state index contributed by atoms with van der Waals surface area (Å²) >= 11 is 6.01. The summed E-state index contributed by atoms with van der Waals surface area (Å²) in [6, 6.07) is 10.7. The van der Waals surface area contributed by atoms with Crippen LogP contribution in [-0.4, -0.2) is 49.6 Å². The second-order valence-electron chi connectivity index (χ2n) is 5.40. The first-order chi connectivity index (χ1) is 11.6. The lowest BCUT2D eigenvalue weighted by atomic mass is 10.2. The van der Waals surface area contributed by atoms with E-state index in [-0.39, 0.29) is 18.3 Å². The van der Waals surface area contributed by atoms with Gasteiger partial charge in [0.25, 0.3) is 5.91 Å². The van der Waals surface area contributed by atoms with Crippen molar-refractivity contribution in [2.75, 3.05) is 37.7 Å². The van der Waals surface area contributed by atoms with Gasteiger partial charge in [0.2, 0.25) is 5.76 Å². The number of carbonyl (C=O) groups excluding carboxylic acids is 2. The summed E-state index contributed by atoms with van der Waals surface area (Å²) in [6.45, 7) is 2.28. The normalized spacial score (nSPS) is 14.5. The van der Waals surface area contributed by atoms with E-state index in [1.807, 2.05) is 24.3 Å². The van der Waals surface area contributed by atoms with E-state index in [2.05, 4.69) is 4.90 Å². The van der Waals surface area contributed by atoms with Gasteiger partial charge in [-0.05, 0) is 30.3 Å². The van der Waals surface area contributed by atoms with Crippen LogP contribution >= 0.6 is 11.6 Å². The number of halogens is 1. The van der Waals surface area contributed by atoms with Crippen LogP contribution in [0.1, 0.15) is 10.6 Å². The molecule has 1 amide bonds. The fourth-order valence-electron chi connectivity index (χ4n) is 2.57. The molecule has 1 fully saturated rings. The molecule has 1 aliphatic rings. The zero-order valence-electron chi connectivity index (χ0n) is 13.0. The summed E-state index contributed by atoms with van der Waals surface area (Å²) in [4.78, 5) is 27.7. The van der Waals surface area contributed by atoms with Crippen LogP contribution < -0.4 is 4.90 Å². The molecule has 0 saturated carbocycles. The summed E-state index contributed by atoms with van der Waals surface area (Å²) in [7, 11) is 0. The van der Waals surface area contributed by atoms with E-state index in [0.717, 1.165) is 5.69 Å². The largest absolute Gasteiger partial charge is 0.457 e. The van der Waals surface area contributed by atoms with E-state index < -0.39 is 5.97 Å². The number of hydrogen-bond donors (Lipinski definition) is 0. The molecule has 0 atom stereocenters. The van der Waals surface area contributed by atoms with E-state index in [1.54, 1.807) is 11.0 Å². The molecule has 0 radical (unpaired) electrons. The van der Waals surface area contributed by atoms with Crippen LogP contribution in [0.15, 0.2) is 47.1 Å². The van der Waals surface area contributed by atoms with Crippen LogP contribution in [0.4, 0.5) is 5.69 Å². The van der Waals surface area contributed by atoms with Gasteiger partial charge in [-0.2, -0.15) is 0 Å². The Morgan fingerprint density at radius 2 is 1.92 bits per heavy atom. The third-order valence-corrected chi connectivity index (χ3v) is 4.09. The standard InChI is InChI=1S/C17H17ClN2O4/c18-13-3-1-4-14(11-13)19-6-8-20(9-7-19)16(21)12-24-17(22)15-5-2-10-23-15/h1-5,10-11H,6-9,12H2. The van der Waals surface area contributed by atoms with E-state index in [0.29, 0.717) is 31.2 Å². The number of nitrogens with zero attached hydrogens (tertiary/aromatic N) is 2. The summed E-state index contributed by atoms with van der Waals surface area (Å²) in [5, 5.41) is 0.691. The molecule has 24 heavy (non-hydrogen) atoms. The molecule has 1 aromatic heterocycles. The zero-order chi connectivity index (χ0) is 16.9. The number of hydrogen-bond acceptors (Lipinski definition) is 5. The quantitative estimate of drug-likeness (QED) is 0.794. The highest BCUT2D eigenvalue weighted by atomic mass is 35.5. The van der Waals surface area contributed by atoms with Crippen molar-refractivity contribution in [3.8, 4) is 0 Å². The van der Waals surface area contributed by atoms with Crippen LogP contribution in [-0.2, 0) is 9.53 Å². The van der Waals surface area contributed by atoms with Crippen molar-refractivity contribution in [2.24, 2.45) is 0 Å². The van der Waals surface area contributed by atoms with Gasteiger partial charge < -0.3 is 19.0 Å². The minimum Gasteiger partial charge on any atom is -0.457 e. The van der Waals surface area contributed by atoms with Gasteiger partial charge in [0.1, 0.15) is 0 Å². The van der Waals surface area contributed by atoms with Crippen LogP contribution in [0.3, 0.4) is 0 Å². The number of anilines is 1. The third-order valence-electron chi connectivity index (χ3n) is 3.85. The first-order valence-corrected chi connectivity index (χ1v) is 8.00. The average molecular weight is 349 g/mol. The molecule has 0 N–H and O–H groups in total. The Kier molecular flexibility index (Phi) is 5.05. The molecule has 1 aromatic carbocycles. The molecule has 126 valence electrons. The predicted molar refractivity (Wildman–Crippen MR) is 89.2 cm³/mol. The molecule has 2 aromatic rings. The molecule has 1 saturated heterocycles. The second-order valence-corrected chi connectivity index (χ2v) is 5.84. The van der Waals surface area contributed by atoms with Gasteiger partial charge in [-0.25, -0.2) is 4.79 Å². The number of amides is 1. The van der Waals surface area contributed by atoms with Crippen molar-refractivity contribution < 1.29 is 18.7 Å². The van der Waals surface area contributed by atoms with E-state index in [4.69, 9.17) is 20.8 Å². The topological polar surface area (TPSA) is 63.0 Å². The number of ether oxygens (including phenoxy) is 1. The van der Waals surface area contributed by atoms with Crippen molar-refractivity contribution in [3.05, 3.63) is 53.4 Å².